The Morgan fingerprint density at radius 3 is 1.52 bits per heavy atom. The van der Waals surface area contributed by atoms with E-state index in [1.165, 1.54) is 11.1 Å². The zero-order valence-electron chi connectivity index (χ0n) is 15.5. The molecule has 0 radical (unpaired) electrons. The Kier molecular flexibility index (Phi) is 9.38. The van der Waals surface area contributed by atoms with E-state index in [1.54, 1.807) is 6.07 Å². The van der Waals surface area contributed by atoms with Gasteiger partial charge in [-0.25, -0.2) is 0 Å². The van der Waals surface area contributed by atoms with Gasteiger partial charge in [0, 0.05) is 13.1 Å². The van der Waals surface area contributed by atoms with Crippen molar-refractivity contribution >= 4 is 0 Å². The van der Waals surface area contributed by atoms with Crippen molar-refractivity contribution in [3.63, 3.8) is 0 Å². The highest BCUT2D eigenvalue weighted by molar-refractivity contribution is 5.17. The second-order valence-electron chi connectivity index (χ2n) is 6.24. The van der Waals surface area contributed by atoms with Gasteiger partial charge in [0.05, 0.1) is 6.07 Å². The van der Waals surface area contributed by atoms with Gasteiger partial charge in [0.1, 0.15) is 6.10 Å². The Bertz CT molecular complexity index is 743. The van der Waals surface area contributed by atoms with E-state index in [2.05, 4.69) is 53.8 Å². The van der Waals surface area contributed by atoms with E-state index in [0.717, 1.165) is 25.1 Å². The number of nitrogens with one attached hydrogen (secondary N) is 1. The molecule has 3 aromatic carbocycles. The van der Waals surface area contributed by atoms with Crippen molar-refractivity contribution in [2.24, 2.45) is 0 Å². The zero-order valence-corrected chi connectivity index (χ0v) is 15.5. The van der Waals surface area contributed by atoms with E-state index in [-0.39, 0.29) is 0 Å². The molecule has 3 aromatic rings. The number of hydrogen-bond donors (Lipinski definition) is 2. The van der Waals surface area contributed by atoms with Crippen molar-refractivity contribution in [2.45, 2.75) is 32.0 Å². The Morgan fingerprint density at radius 2 is 1.11 bits per heavy atom. The van der Waals surface area contributed by atoms with E-state index in [1.807, 2.05) is 42.5 Å². The molecule has 1 atom stereocenters. The molecule has 27 heavy (non-hydrogen) atoms. The average molecular weight is 358 g/mol. The summed E-state index contributed by atoms with van der Waals surface area (Å²) in [5, 5.41) is 20.7. The number of aliphatic hydroxyl groups is 1. The van der Waals surface area contributed by atoms with Crippen LogP contribution in [0.4, 0.5) is 0 Å². The number of benzene rings is 3. The van der Waals surface area contributed by atoms with Gasteiger partial charge in [-0.2, -0.15) is 5.26 Å². The van der Waals surface area contributed by atoms with Crippen molar-refractivity contribution in [2.75, 3.05) is 0 Å². The molecule has 3 rings (SSSR count). The molecule has 2 N–H and O–H groups in total. The highest BCUT2D eigenvalue weighted by Crippen LogP contribution is 2.04. The maximum absolute atomic E-state index is 8.96. The van der Waals surface area contributed by atoms with Crippen LogP contribution in [0.2, 0.25) is 0 Å². The number of hydrogen-bond acceptors (Lipinski definition) is 3. The third kappa shape index (κ3) is 8.82. The molecule has 0 heterocycles. The van der Waals surface area contributed by atoms with Crippen LogP contribution < -0.4 is 5.32 Å². The highest BCUT2D eigenvalue weighted by atomic mass is 16.3. The number of rotatable bonds is 7. The van der Waals surface area contributed by atoms with Gasteiger partial charge < -0.3 is 10.4 Å². The second-order valence-corrected chi connectivity index (χ2v) is 6.24. The molecule has 0 fully saturated rings. The summed E-state index contributed by atoms with van der Waals surface area (Å²) >= 11 is 0. The number of nitrogens with zero attached hydrogens (tertiary/aromatic N) is 1. The summed E-state index contributed by atoms with van der Waals surface area (Å²) in [6.45, 7) is 1.85. The van der Waals surface area contributed by atoms with Gasteiger partial charge in [-0.1, -0.05) is 91.0 Å². The minimum atomic E-state index is -0.829. The normalized spacial score (nSPS) is 11.0. The Balaban J connectivity index is 0.000000199. The number of nitriles is 1. The molecule has 0 saturated heterocycles. The number of aliphatic hydroxyl groups excluding tert-OH is 1. The maximum Gasteiger partial charge on any atom is 0.140 e. The molecule has 3 heteroatoms. The van der Waals surface area contributed by atoms with Gasteiger partial charge in [-0.05, 0) is 29.5 Å². The second kappa shape index (κ2) is 12.4. The average Bonchev–Trinajstić information content (AvgIpc) is 2.75. The predicted molar refractivity (Wildman–Crippen MR) is 110 cm³/mol. The van der Waals surface area contributed by atoms with Crippen LogP contribution in [0.1, 0.15) is 23.1 Å². The summed E-state index contributed by atoms with van der Waals surface area (Å²) in [7, 11) is 0. The molecular weight excluding hydrogens is 332 g/mol. The van der Waals surface area contributed by atoms with Crippen LogP contribution in [0.15, 0.2) is 91.0 Å². The number of aryl methyl sites for hydroxylation is 1. The largest absolute Gasteiger partial charge is 0.378 e. The standard InChI is InChI=1S/C14H15N.C10H11NO/c1-3-7-13(8-4-1)11-15-12-14-9-5-2-6-10-14;11-8-10(12)7-6-9-4-2-1-3-5-9/h1-10,15H,11-12H2;1-5,10,12H,6-7H2/t;10-/m.0/s1. The predicted octanol–water partition coefficient (Wildman–Crippen LogP) is 4.48. The van der Waals surface area contributed by atoms with Crippen LogP contribution >= 0.6 is 0 Å². The molecule has 0 amide bonds. The van der Waals surface area contributed by atoms with Gasteiger partial charge in [0.15, 0.2) is 0 Å². The highest BCUT2D eigenvalue weighted by Gasteiger charge is 2.00. The van der Waals surface area contributed by atoms with Gasteiger partial charge >= 0.3 is 0 Å². The Hall–Kier alpha value is -2.93. The summed E-state index contributed by atoms with van der Waals surface area (Å²) in [6, 6.07) is 32.5. The van der Waals surface area contributed by atoms with Crippen LogP contribution in [-0.4, -0.2) is 11.2 Å². The van der Waals surface area contributed by atoms with Gasteiger partial charge in [-0.3, -0.25) is 0 Å². The molecule has 0 aromatic heterocycles. The smallest absolute Gasteiger partial charge is 0.140 e. The monoisotopic (exact) mass is 358 g/mol. The molecule has 0 aliphatic heterocycles. The van der Waals surface area contributed by atoms with Crippen LogP contribution in [-0.2, 0) is 19.5 Å². The van der Waals surface area contributed by atoms with E-state index < -0.39 is 6.10 Å². The third-order valence-corrected chi connectivity index (χ3v) is 4.04. The van der Waals surface area contributed by atoms with Crippen molar-refractivity contribution in [1.29, 1.82) is 5.26 Å². The summed E-state index contributed by atoms with van der Waals surface area (Å²) < 4.78 is 0. The first-order valence-corrected chi connectivity index (χ1v) is 9.18. The lowest BCUT2D eigenvalue weighted by molar-refractivity contribution is 0.220. The molecule has 0 aliphatic rings. The van der Waals surface area contributed by atoms with Crippen LogP contribution in [0, 0.1) is 11.3 Å². The van der Waals surface area contributed by atoms with Crippen molar-refractivity contribution in [3.05, 3.63) is 108 Å². The molecular formula is C24H26N2O. The molecule has 0 spiro atoms. The van der Waals surface area contributed by atoms with Gasteiger partial charge in [0.25, 0.3) is 0 Å². The maximum atomic E-state index is 8.96. The first-order chi connectivity index (χ1) is 13.3. The fourth-order valence-corrected chi connectivity index (χ4v) is 2.56. The fourth-order valence-electron chi connectivity index (χ4n) is 2.56. The van der Waals surface area contributed by atoms with Crippen LogP contribution in [0.3, 0.4) is 0 Å². The summed E-state index contributed by atoms with van der Waals surface area (Å²) in [4.78, 5) is 0. The quantitative estimate of drug-likeness (QED) is 0.612. The van der Waals surface area contributed by atoms with Gasteiger partial charge in [-0.15, -0.1) is 0 Å². The Morgan fingerprint density at radius 1 is 0.704 bits per heavy atom. The molecule has 0 bridgehead atoms. The molecule has 0 aliphatic carbocycles. The lowest BCUT2D eigenvalue weighted by Crippen LogP contribution is -2.12. The lowest BCUT2D eigenvalue weighted by atomic mass is 10.1. The van der Waals surface area contributed by atoms with E-state index >= 15 is 0 Å². The van der Waals surface area contributed by atoms with Crippen molar-refractivity contribution in [1.82, 2.24) is 5.32 Å². The summed E-state index contributed by atoms with van der Waals surface area (Å²) in [5.41, 5.74) is 3.81. The Labute approximate surface area is 161 Å². The van der Waals surface area contributed by atoms with E-state index in [4.69, 9.17) is 10.4 Å². The summed E-state index contributed by atoms with van der Waals surface area (Å²) in [6.07, 6.45) is 0.445. The minimum Gasteiger partial charge on any atom is -0.378 e. The van der Waals surface area contributed by atoms with Crippen LogP contribution in [0.5, 0.6) is 0 Å². The fraction of sp³-hybridized carbons (Fsp3) is 0.208. The van der Waals surface area contributed by atoms with E-state index in [9.17, 15) is 0 Å². The zero-order chi connectivity index (χ0) is 19.2. The molecule has 138 valence electrons. The lowest BCUT2D eigenvalue weighted by Gasteiger charge is -2.04. The van der Waals surface area contributed by atoms with Crippen LogP contribution in [0.25, 0.3) is 0 Å². The molecule has 3 nitrogen and oxygen atoms in total. The molecule has 0 unspecified atom stereocenters. The molecule has 0 saturated carbocycles. The first-order valence-electron chi connectivity index (χ1n) is 9.18. The minimum absolute atomic E-state index is 0.514. The van der Waals surface area contributed by atoms with Crippen molar-refractivity contribution in [3.8, 4) is 6.07 Å². The topological polar surface area (TPSA) is 56.0 Å². The van der Waals surface area contributed by atoms with E-state index in [0.29, 0.717) is 6.42 Å². The van der Waals surface area contributed by atoms with Gasteiger partial charge in [0.2, 0.25) is 0 Å². The SMILES string of the molecule is N#C[C@@H](O)CCc1ccccc1.c1ccc(CNCc2ccccc2)cc1. The first kappa shape index (κ1) is 20.4. The third-order valence-electron chi connectivity index (χ3n) is 4.04. The van der Waals surface area contributed by atoms with Crippen molar-refractivity contribution < 1.29 is 5.11 Å². The summed E-state index contributed by atoms with van der Waals surface area (Å²) in [5.74, 6) is 0.